The van der Waals surface area contributed by atoms with E-state index in [1.807, 2.05) is 12.1 Å². The lowest BCUT2D eigenvalue weighted by Gasteiger charge is -2.24. The van der Waals surface area contributed by atoms with Crippen LogP contribution in [0, 0.1) is 0 Å². The molecule has 6 heteroatoms. The van der Waals surface area contributed by atoms with Crippen molar-refractivity contribution in [2.75, 3.05) is 31.6 Å². The van der Waals surface area contributed by atoms with Crippen LogP contribution in [0.2, 0.25) is 0 Å². The molecule has 0 aliphatic carbocycles. The maximum atomic E-state index is 11.6. The Labute approximate surface area is 115 Å². The molecule has 0 bridgehead atoms. The number of hydrogen-bond acceptors (Lipinski definition) is 4. The molecule has 0 radical (unpaired) electrons. The van der Waals surface area contributed by atoms with Crippen LogP contribution in [0.5, 0.6) is 0 Å². The Morgan fingerprint density at radius 2 is 1.84 bits per heavy atom. The first-order chi connectivity index (χ1) is 9.05. The first-order valence-corrected chi connectivity index (χ1v) is 8.02. The number of sulfonamides is 1. The fraction of sp³-hybridized carbons (Fsp3) is 0.538. The summed E-state index contributed by atoms with van der Waals surface area (Å²) in [5, 5.41) is 0. The summed E-state index contributed by atoms with van der Waals surface area (Å²) < 4.78 is 25.6. The van der Waals surface area contributed by atoms with Gasteiger partial charge in [-0.25, -0.2) is 13.1 Å². The van der Waals surface area contributed by atoms with Crippen molar-refractivity contribution in [3.8, 4) is 0 Å². The first-order valence-electron chi connectivity index (χ1n) is 6.53. The van der Waals surface area contributed by atoms with Crippen molar-refractivity contribution in [1.29, 1.82) is 0 Å². The van der Waals surface area contributed by atoms with Crippen LogP contribution in [0.25, 0.3) is 0 Å². The summed E-state index contributed by atoms with van der Waals surface area (Å²) in [6.07, 6.45) is 2.21. The predicted molar refractivity (Wildman–Crippen MR) is 78.9 cm³/mol. The van der Waals surface area contributed by atoms with Crippen molar-refractivity contribution in [3.05, 3.63) is 24.3 Å². The summed E-state index contributed by atoms with van der Waals surface area (Å²) in [5.74, 6) is 0. The number of benzene rings is 1. The predicted octanol–water partition coefficient (Wildman–Crippen LogP) is 1.16. The SMILES string of the molecule is CCCCN(CCN)c1ccc(S(=O)(=O)NC)cc1. The zero-order valence-corrected chi connectivity index (χ0v) is 12.4. The highest BCUT2D eigenvalue weighted by molar-refractivity contribution is 7.89. The molecular formula is C13H23N3O2S. The Kier molecular flexibility index (Phi) is 6.27. The van der Waals surface area contributed by atoms with Crippen molar-refractivity contribution in [2.45, 2.75) is 24.7 Å². The summed E-state index contributed by atoms with van der Waals surface area (Å²) in [6, 6.07) is 6.90. The summed E-state index contributed by atoms with van der Waals surface area (Å²) in [7, 11) is -1.96. The average molecular weight is 285 g/mol. The number of nitrogens with two attached hydrogens (primary N) is 1. The third-order valence-electron chi connectivity index (χ3n) is 2.96. The van der Waals surface area contributed by atoms with Crippen molar-refractivity contribution in [1.82, 2.24) is 4.72 Å². The first kappa shape index (κ1) is 15.9. The van der Waals surface area contributed by atoms with E-state index in [0.717, 1.165) is 31.6 Å². The maximum absolute atomic E-state index is 11.6. The minimum Gasteiger partial charge on any atom is -0.370 e. The standard InChI is InChI=1S/C13H23N3O2S/c1-3-4-10-16(11-9-14)12-5-7-13(8-6-12)19(17,18)15-2/h5-8,15H,3-4,9-11,14H2,1-2H3. The van der Waals surface area contributed by atoms with Gasteiger partial charge in [-0.3, -0.25) is 0 Å². The van der Waals surface area contributed by atoms with E-state index in [1.54, 1.807) is 12.1 Å². The molecule has 0 aromatic heterocycles. The number of hydrogen-bond donors (Lipinski definition) is 2. The Balaban J connectivity index is 2.88. The van der Waals surface area contributed by atoms with Gasteiger partial charge in [0.1, 0.15) is 0 Å². The second-order valence-electron chi connectivity index (χ2n) is 4.33. The van der Waals surface area contributed by atoms with Gasteiger partial charge < -0.3 is 10.6 Å². The van der Waals surface area contributed by atoms with Crippen molar-refractivity contribution in [2.24, 2.45) is 5.73 Å². The van der Waals surface area contributed by atoms with Crippen LogP contribution < -0.4 is 15.4 Å². The van der Waals surface area contributed by atoms with E-state index in [1.165, 1.54) is 7.05 Å². The zero-order valence-electron chi connectivity index (χ0n) is 11.6. The molecule has 0 fully saturated rings. The molecule has 0 aliphatic rings. The minimum atomic E-state index is -3.36. The molecule has 0 saturated carbocycles. The highest BCUT2D eigenvalue weighted by Crippen LogP contribution is 2.18. The van der Waals surface area contributed by atoms with Crippen LogP contribution in [-0.4, -0.2) is 35.1 Å². The quantitative estimate of drug-likeness (QED) is 0.751. The van der Waals surface area contributed by atoms with Crippen LogP contribution in [0.3, 0.4) is 0 Å². The lowest BCUT2D eigenvalue weighted by Crippen LogP contribution is -2.30. The Morgan fingerprint density at radius 3 is 2.32 bits per heavy atom. The Bertz CT molecular complexity index is 471. The second kappa shape index (κ2) is 7.47. The van der Waals surface area contributed by atoms with Gasteiger partial charge in [0.2, 0.25) is 10.0 Å². The van der Waals surface area contributed by atoms with E-state index in [0.29, 0.717) is 6.54 Å². The van der Waals surface area contributed by atoms with E-state index in [-0.39, 0.29) is 4.90 Å². The number of rotatable bonds is 8. The summed E-state index contributed by atoms with van der Waals surface area (Å²) in [4.78, 5) is 2.46. The molecule has 0 heterocycles. The highest BCUT2D eigenvalue weighted by atomic mass is 32.2. The molecule has 0 spiro atoms. The fourth-order valence-corrected chi connectivity index (χ4v) is 2.56. The zero-order chi connectivity index (χ0) is 14.3. The third kappa shape index (κ3) is 4.49. The van der Waals surface area contributed by atoms with Crippen LogP contribution in [0.1, 0.15) is 19.8 Å². The third-order valence-corrected chi connectivity index (χ3v) is 4.39. The van der Waals surface area contributed by atoms with E-state index >= 15 is 0 Å². The van der Waals surface area contributed by atoms with Crippen LogP contribution in [-0.2, 0) is 10.0 Å². The Hall–Kier alpha value is -1.11. The topological polar surface area (TPSA) is 75.4 Å². The Morgan fingerprint density at radius 1 is 1.21 bits per heavy atom. The van der Waals surface area contributed by atoms with Gasteiger partial charge in [0.25, 0.3) is 0 Å². The summed E-state index contributed by atoms with van der Waals surface area (Å²) in [5.41, 5.74) is 6.62. The molecule has 0 amide bonds. The molecule has 3 N–H and O–H groups in total. The maximum Gasteiger partial charge on any atom is 0.240 e. The number of anilines is 1. The molecule has 1 rings (SSSR count). The largest absolute Gasteiger partial charge is 0.370 e. The molecule has 0 atom stereocenters. The number of unbranched alkanes of at least 4 members (excludes halogenated alkanes) is 1. The molecule has 0 unspecified atom stereocenters. The van der Waals surface area contributed by atoms with Crippen LogP contribution >= 0.6 is 0 Å². The van der Waals surface area contributed by atoms with Crippen molar-refractivity contribution < 1.29 is 8.42 Å². The van der Waals surface area contributed by atoms with Crippen LogP contribution in [0.15, 0.2) is 29.2 Å². The van der Waals surface area contributed by atoms with Crippen molar-refractivity contribution in [3.63, 3.8) is 0 Å². The van der Waals surface area contributed by atoms with E-state index < -0.39 is 10.0 Å². The molecule has 5 nitrogen and oxygen atoms in total. The average Bonchev–Trinajstić information content (AvgIpc) is 2.43. The normalized spacial score (nSPS) is 11.5. The van der Waals surface area contributed by atoms with Gasteiger partial charge in [0.05, 0.1) is 4.90 Å². The molecule has 108 valence electrons. The monoisotopic (exact) mass is 285 g/mol. The number of nitrogens with zero attached hydrogens (tertiary/aromatic N) is 1. The molecular weight excluding hydrogens is 262 g/mol. The smallest absolute Gasteiger partial charge is 0.240 e. The summed E-state index contributed by atoms with van der Waals surface area (Å²) in [6.45, 7) is 4.44. The fourth-order valence-electron chi connectivity index (χ4n) is 1.83. The van der Waals surface area contributed by atoms with Gasteiger partial charge in [-0.05, 0) is 37.7 Å². The van der Waals surface area contributed by atoms with Gasteiger partial charge in [-0.15, -0.1) is 0 Å². The molecule has 19 heavy (non-hydrogen) atoms. The highest BCUT2D eigenvalue weighted by Gasteiger charge is 2.12. The van der Waals surface area contributed by atoms with Gasteiger partial charge in [0.15, 0.2) is 0 Å². The number of nitrogens with one attached hydrogen (secondary N) is 1. The minimum absolute atomic E-state index is 0.280. The lowest BCUT2D eigenvalue weighted by atomic mass is 10.2. The molecule has 1 aromatic rings. The molecule has 0 saturated heterocycles. The molecule has 0 aliphatic heterocycles. The summed E-state index contributed by atoms with van der Waals surface area (Å²) >= 11 is 0. The van der Waals surface area contributed by atoms with Gasteiger partial charge in [0, 0.05) is 25.3 Å². The van der Waals surface area contributed by atoms with E-state index in [9.17, 15) is 8.42 Å². The van der Waals surface area contributed by atoms with Gasteiger partial charge in [-0.1, -0.05) is 13.3 Å². The molecule has 1 aromatic carbocycles. The van der Waals surface area contributed by atoms with E-state index in [2.05, 4.69) is 16.5 Å². The van der Waals surface area contributed by atoms with Gasteiger partial charge >= 0.3 is 0 Å². The second-order valence-corrected chi connectivity index (χ2v) is 6.22. The van der Waals surface area contributed by atoms with Crippen molar-refractivity contribution >= 4 is 15.7 Å². The van der Waals surface area contributed by atoms with Crippen LogP contribution in [0.4, 0.5) is 5.69 Å². The van der Waals surface area contributed by atoms with Gasteiger partial charge in [-0.2, -0.15) is 0 Å². The van der Waals surface area contributed by atoms with E-state index in [4.69, 9.17) is 5.73 Å². The lowest BCUT2D eigenvalue weighted by molar-refractivity contribution is 0.588.